The van der Waals surface area contributed by atoms with Crippen LogP contribution in [0.3, 0.4) is 0 Å². The number of hydrogen-bond acceptors (Lipinski definition) is 1. The molecule has 1 aliphatic carbocycles. The number of para-hydroxylation sites is 1. The van der Waals surface area contributed by atoms with Crippen LogP contribution in [-0.2, 0) is 5.41 Å². The van der Waals surface area contributed by atoms with Crippen molar-refractivity contribution in [2.45, 2.75) is 5.41 Å². The van der Waals surface area contributed by atoms with E-state index in [0.717, 1.165) is 33.2 Å². The highest BCUT2D eigenvalue weighted by atomic mass is 35.5. The van der Waals surface area contributed by atoms with Gasteiger partial charge in [0.15, 0.2) is 0 Å². The average molecular weight is 443 g/mol. The third kappa shape index (κ3) is 2.49. The van der Waals surface area contributed by atoms with Crippen molar-refractivity contribution < 1.29 is 4.74 Å². The van der Waals surface area contributed by atoms with E-state index < -0.39 is 5.41 Å². The quantitative estimate of drug-likeness (QED) is 0.247. The zero-order valence-corrected chi connectivity index (χ0v) is 18.5. The van der Waals surface area contributed by atoms with Crippen molar-refractivity contribution in [2.24, 2.45) is 0 Å². The lowest BCUT2D eigenvalue weighted by Gasteiger charge is -2.39. The minimum atomic E-state index is -0.439. The first kappa shape index (κ1) is 18.7. The molecule has 5 aromatic carbocycles. The summed E-state index contributed by atoms with van der Waals surface area (Å²) in [5, 5.41) is 0.734. The highest BCUT2D eigenvalue weighted by Crippen LogP contribution is 2.62. The van der Waals surface area contributed by atoms with E-state index in [1.807, 2.05) is 24.3 Å². The third-order valence-electron chi connectivity index (χ3n) is 7.00. The van der Waals surface area contributed by atoms with E-state index in [-0.39, 0.29) is 0 Å². The number of benzene rings is 5. The average Bonchev–Trinajstić information content (AvgIpc) is 3.16. The Bertz CT molecular complexity index is 1520. The Kier molecular flexibility index (Phi) is 3.88. The summed E-state index contributed by atoms with van der Waals surface area (Å²) < 4.78 is 6.48. The van der Waals surface area contributed by atoms with Crippen LogP contribution in [0, 0.1) is 0 Å². The van der Waals surface area contributed by atoms with E-state index >= 15 is 0 Å². The predicted molar refractivity (Wildman–Crippen MR) is 134 cm³/mol. The van der Waals surface area contributed by atoms with Crippen molar-refractivity contribution in [2.75, 3.05) is 0 Å². The molecule has 2 aliphatic rings. The van der Waals surface area contributed by atoms with Crippen molar-refractivity contribution in [3.05, 3.63) is 143 Å². The highest BCUT2D eigenvalue weighted by molar-refractivity contribution is 6.30. The molecule has 0 amide bonds. The van der Waals surface area contributed by atoms with Gasteiger partial charge in [0.05, 0.1) is 5.41 Å². The fraction of sp³-hybridized carbons (Fsp3) is 0.0323. The van der Waals surface area contributed by atoms with Crippen molar-refractivity contribution in [1.82, 2.24) is 0 Å². The number of rotatable bonds is 1. The minimum Gasteiger partial charge on any atom is -0.457 e. The number of ether oxygens (including phenoxy) is 1. The summed E-state index contributed by atoms with van der Waals surface area (Å²) in [5.74, 6) is 1.80. The van der Waals surface area contributed by atoms with Gasteiger partial charge in [0.2, 0.25) is 0 Å². The molecule has 0 aromatic heterocycles. The van der Waals surface area contributed by atoms with E-state index in [9.17, 15) is 0 Å². The standard InChI is InChI=1S/C31H19ClO/c32-22-9-7-8-20(18-22)21-16-17-30-28(19-21)31(27-14-5-6-15-29(27)33-30)25-12-3-1-10-23(25)24-11-2-4-13-26(24)31/h1-19H. The van der Waals surface area contributed by atoms with Crippen molar-refractivity contribution in [3.63, 3.8) is 0 Å². The lowest BCUT2D eigenvalue weighted by molar-refractivity contribution is 0.436. The number of hydrogen-bond donors (Lipinski definition) is 0. The molecule has 0 fully saturated rings. The fourth-order valence-corrected chi connectivity index (χ4v) is 5.89. The number of fused-ring (bicyclic) bond motifs is 9. The van der Waals surface area contributed by atoms with Gasteiger partial charge in [-0.2, -0.15) is 0 Å². The topological polar surface area (TPSA) is 9.23 Å². The second kappa shape index (κ2) is 6.84. The molecule has 7 rings (SSSR count). The molecule has 0 saturated heterocycles. The largest absolute Gasteiger partial charge is 0.457 e. The summed E-state index contributed by atoms with van der Waals surface area (Å²) in [4.78, 5) is 0. The Hall–Kier alpha value is -3.81. The van der Waals surface area contributed by atoms with Crippen LogP contribution in [0.5, 0.6) is 11.5 Å². The third-order valence-corrected chi connectivity index (χ3v) is 7.24. The molecule has 0 bridgehead atoms. The van der Waals surface area contributed by atoms with Crippen LogP contribution >= 0.6 is 11.6 Å². The first-order valence-corrected chi connectivity index (χ1v) is 11.5. The molecule has 2 heteroatoms. The van der Waals surface area contributed by atoms with Crippen LogP contribution < -0.4 is 4.74 Å². The van der Waals surface area contributed by atoms with Crippen LogP contribution in [0.2, 0.25) is 5.02 Å². The maximum atomic E-state index is 6.48. The molecule has 33 heavy (non-hydrogen) atoms. The van der Waals surface area contributed by atoms with Crippen LogP contribution in [0.25, 0.3) is 22.3 Å². The molecule has 156 valence electrons. The van der Waals surface area contributed by atoms with Gasteiger partial charge in [0, 0.05) is 16.1 Å². The van der Waals surface area contributed by atoms with E-state index in [4.69, 9.17) is 16.3 Å². The highest BCUT2D eigenvalue weighted by Gasteiger charge is 2.50. The summed E-state index contributed by atoms with van der Waals surface area (Å²) in [6, 6.07) is 40.6. The van der Waals surface area contributed by atoms with Crippen molar-refractivity contribution in [3.8, 4) is 33.8 Å². The van der Waals surface area contributed by atoms with Gasteiger partial charge in [-0.25, -0.2) is 0 Å². The second-order valence-electron chi connectivity index (χ2n) is 8.66. The van der Waals surface area contributed by atoms with Gasteiger partial charge in [-0.05, 0) is 63.7 Å². The smallest absolute Gasteiger partial charge is 0.132 e. The molecule has 1 aliphatic heterocycles. The van der Waals surface area contributed by atoms with Gasteiger partial charge < -0.3 is 4.74 Å². The molecule has 0 N–H and O–H groups in total. The summed E-state index contributed by atoms with van der Waals surface area (Å²) in [6.45, 7) is 0. The summed E-state index contributed by atoms with van der Waals surface area (Å²) in [7, 11) is 0. The molecule has 0 atom stereocenters. The van der Waals surface area contributed by atoms with Gasteiger partial charge >= 0.3 is 0 Å². The SMILES string of the molecule is Clc1cccc(-c2ccc3c(c2)C2(c4ccccc4O3)c3ccccc3-c3ccccc32)c1. The molecular formula is C31H19ClO. The van der Waals surface area contributed by atoms with Gasteiger partial charge in [-0.3, -0.25) is 0 Å². The van der Waals surface area contributed by atoms with Gasteiger partial charge in [0.25, 0.3) is 0 Å². The van der Waals surface area contributed by atoms with E-state index in [0.29, 0.717) is 0 Å². The lowest BCUT2D eigenvalue weighted by Crippen LogP contribution is -2.32. The lowest BCUT2D eigenvalue weighted by atomic mass is 9.66. The Balaban J connectivity index is 1.62. The fourth-order valence-electron chi connectivity index (χ4n) is 5.70. The first-order valence-electron chi connectivity index (χ1n) is 11.1. The second-order valence-corrected chi connectivity index (χ2v) is 9.10. The molecule has 1 heterocycles. The number of halogens is 1. The molecular weight excluding hydrogens is 424 g/mol. The normalized spacial score (nSPS) is 14.1. The van der Waals surface area contributed by atoms with Crippen LogP contribution in [-0.4, -0.2) is 0 Å². The minimum absolute atomic E-state index is 0.439. The Morgan fingerprint density at radius 1 is 0.485 bits per heavy atom. The maximum Gasteiger partial charge on any atom is 0.132 e. The molecule has 5 aromatic rings. The first-order chi connectivity index (χ1) is 16.3. The van der Waals surface area contributed by atoms with E-state index in [2.05, 4.69) is 91.0 Å². The van der Waals surface area contributed by atoms with Crippen LogP contribution in [0.15, 0.2) is 115 Å². The van der Waals surface area contributed by atoms with E-state index in [1.165, 1.54) is 27.8 Å². The summed E-state index contributed by atoms with van der Waals surface area (Å²) in [6.07, 6.45) is 0. The van der Waals surface area contributed by atoms with Crippen LogP contribution in [0.1, 0.15) is 22.3 Å². The Labute approximate surface area is 197 Å². The monoisotopic (exact) mass is 442 g/mol. The van der Waals surface area contributed by atoms with Crippen LogP contribution in [0.4, 0.5) is 0 Å². The molecule has 1 spiro atoms. The van der Waals surface area contributed by atoms with Crippen molar-refractivity contribution in [1.29, 1.82) is 0 Å². The Morgan fingerprint density at radius 2 is 1.09 bits per heavy atom. The summed E-state index contributed by atoms with van der Waals surface area (Å²) >= 11 is 6.33. The predicted octanol–water partition coefficient (Wildman–Crippen LogP) is 8.48. The van der Waals surface area contributed by atoms with Gasteiger partial charge in [-0.15, -0.1) is 0 Å². The molecule has 1 nitrogen and oxygen atoms in total. The van der Waals surface area contributed by atoms with Gasteiger partial charge in [-0.1, -0.05) is 96.5 Å². The summed E-state index contributed by atoms with van der Waals surface area (Å²) in [5.41, 5.74) is 9.28. The zero-order valence-electron chi connectivity index (χ0n) is 17.8. The molecule has 0 unspecified atom stereocenters. The van der Waals surface area contributed by atoms with Crippen molar-refractivity contribution >= 4 is 11.6 Å². The van der Waals surface area contributed by atoms with E-state index in [1.54, 1.807) is 0 Å². The maximum absolute atomic E-state index is 6.48. The zero-order chi connectivity index (χ0) is 22.0. The molecule has 0 saturated carbocycles. The molecule has 0 radical (unpaired) electrons. The Morgan fingerprint density at radius 3 is 1.82 bits per heavy atom. The van der Waals surface area contributed by atoms with Gasteiger partial charge in [0.1, 0.15) is 11.5 Å².